The van der Waals surface area contributed by atoms with Crippen LogP contribution in [0.4, 0.5) is 0 Å². The van der Waals surface area contributed by atoms with Crippen LogP contribution in [0.25, 0.3) is 0 Å². The van der Waals surface area contributed by atoms with Gasteiger partial charge in [-0.3, -0.25) is 4.79 Å². The van der Waals surface area contributed by atoms with E-state index < -0.39 is 10.0 Å². The molecule has 1 amide bonds. The van der Waals surface area contributed by atoms with Crippen molar-refractivity contribution in [2.45, 2.75) is 55.5 Å². The zero-order valence-corrected chi connectivity index (χ0v) is 15.9. The predicted molar refractivity (Wildman–Crippen MR) is 98.7 cm³/mol. The largest absolute Gasteiger partial charge is 0.495 e. The molecule has 2 aliphatic rings. The van der Waals surface area contributed by atoms with Crippen molar-refractivity contribution in [3.63, 3.8) is 0 Å². The van der Waals surface area contributed by atoms with Gasteiger partial charge in [0.2, 0.25) is 10.0 Å². The molecular weight excluding hydrogens is 354 g/mol. The number of benzene rings is 1. The highest BCUT2D eigenvalue weighted by molar-refractivity contribution is 7.89. The minimum absolute atomic E-state index is 0.0130. The summed E-state index contributed by atoms with van der Waals surface area (Å²) in [6, 6.07) is 4.48. The van der Waals surface area contributed by atoms with Gasteiger partial charge in [-0.05, 0) is 43.9 Å². The molecular formula is C18H27N3O4S. The molecule has 0 radical (unpaired) electrons. The van der Waals surface area contributed by atoms with Gasteiger partial charge in [0.05, 0.1) is 7.11 Å². The number of methoxy groups -OCH3 is 1. The Bertz CT molecular complexity index is 760. The second kappa shape index (κ2) is 7.94. The van der Waals surface area contributed by atoms with Crippen molar-refractivity contribution >= 4 is 15.9 Å². The van der Waals surface area contributed by atoms with Gasteiger partial charge in [0, 0.05) is 30.7 Å². The van der Waals surface area contributed by atoms with Crippen molar-refractivity contribution in [2.24, 2.45) is 5.73 Å². The molecule has 144 valence electrons. The van der Waals surface area contributed by atoms with E-state index >= 15 is 0 Å². The lowest BCUT2D eigenvalue weighted by Gasteiger charge is -2.31. The monoisotopic (exact) mass is 381 g/mol. The SMILES string of the molecule is COc1ccc(C(=O)N2CCCC(N)C2)cc1S(=O)(=O)NC1CCCC1. The number of hydrogen-bond donors (Lipinski definition) is 2. The average molecular weight is 381 g/mol. The molecule has 8 heteroatoms. The maximum Gasteiger partial charge on any atom is 0.253 e. The Morgan fingerprint density at radius 2 is 1.96 bits per heavy atom. The number of rotatable bonds is 5. The minimum Gasteiger partial charge on any atom is -0.495 e. The lowest BCUT2D eigenvalue weighted by atomic mass is 10.1. The van der Waals surface area contributed by atoms with Gasteiger partial charge >= 0.3 is 0 Å². The molecule has 26 heavy (non-hydrogen) atoms. The number of nitrogens with one attached hydrogen (secondary N) is 1. The molecule has 1 heterocycles. The molecule has 7 nitrogen and oxygen atoms in total. The fraction of sp³-hybridized carbons (Fsp3) is 0.611. The summed E-state index contributed by atoms with van der Waals surface area (Å²) in [5.41, 5.74) is 6.30. The Morgan fingerprint density at radius 3 is 2.62 bits per heavy atom. The number of hydrogen-bond acceptors (Lipinski definition) is 5. The summed E-state index contributed by atoms with van der Waals surface area (Å²) >= 11 is 0. The Balaban J connectivity index is 1.87. The number of piperidine rings is 1. The summed E-state index contributed by atoms with van der Waals surface area (Å²) in [5.74, 6) is 0.0440. The van der Waals surface area contributed by atoms with Gasteiger partial charge in [0.1, 0.15) is 10.6 Å². The van der Waals surface area contributed by atoms with Crippen LogP contribution < -0.4 is 15.2 Å². The maximum absolute atomic E-state index is 12.8. The summed E-state index contributed by atoms with van der Waals surface area (Å²) in [6.45, 7) is 1.13. The topological polar surface area (TPSA) is 102 Å². The first kappa shape index (κ1) is 19.1. The van der Waals surface area contributed by atoms with E-state index in [1.54, 1.807) is 17.0 Å². The number of carbonyl (C=O) groups is 1. The zero-order valence-electron chi connectivity index (χ0n) is 15.1. The van der Waals surface area contributed by atoms with Gasteiger partial charge in [-0.15, -0.1) is 0 Å². The van der Waals surface area contributed by atoms with Crippen LogP contribution in [0, 0.1) is 0 Å². The van der Waals surface area contributed by atoms with E-state index in [1.807, 2.05) is 0 Å². The molecule has 1 aliphatic heterocycles. The van der Waals surface area contributed by atoms with Crippen LogP contribution in [0.3, 0.4) is 0 Å². The van der Waals surface area contributed by atoms with Crippen molar-refractivity contribution in [2.75, 3.05) is 20.2 Å². The van der Waals surface area contributed by atoms with Gasteiger partial charge in [0.25, 0.3) is 5.91 Å². The fourth-order valence-electron chi connectivity index (χ4n) is 3.72. The summed E-state index contributed by atoms with van der Waals surface area (Å²) in [5, 5.41) is 0. The fourth-order valence-corrected chi connectivity index (χ4v) is 5.22. The molecule has 0 spiro atoms. The van der Waals surface area contributed by atoms with Gasteiger partial charge in [-0.25, -0.2) is 13.1 Å². The lowest BCUT2D eigenvalue weighted by Crippen LogP contribution is -2.45. The van der Waals surface area contributed by atoms with Gasteiger partial charge in [-0.2, -0.15) is 0 Å². The molecule has 3 N–H and O–H groups in total. The van der Waals surface area contributed by atoms with E-state index in [-0.39, 0.29) is 28.6 Å². The molecule has 3 rings (SSSR count). The molecule has 1 aliphatic carbocycles. The number of sulfonamides is 1. The number of ether oxygens (including phenoxy) is 1. The number of amides is 1. The average Bonchev–Trinajstić information content (AvgIpc) is 3.12. The standard InChI is InChI=1S/C18H27N3O4S/c1-25-16-9-8-13(18(22)21-10-4-5-14(19)12-21)11-17(16)26(23,24)20-15-6-2-3-7-15/h8-9,11,14-15,20H,2-7,10,12,19H2,1H3. The first-order valence-corrected chi connectivity index (χ1v) is 10.6. The first-order chi connectivity index (χ1) is 12.4. The van der Waals surface area contributed by atoms with Crippen molar-refractivity contribution in [3.8, 4) is 5.75 Å². The molecule has 2 fully saturated rings. The Morgan fingerprint density at radius 1 is 1.23 bits per heavy atom. The second-order valence-electron chi connectivity index (χ2n) is 7.12. The highest BCUT2D eigenvalue weighted by Crippen LogP contribution is 2.28. The zero-order chi connectivity index (χ0) is 18.7. The van der Waals surface area contributed by atoms with E-state index in [1.165, 1.54) is 13.2 Å². The summed E-state index contributed by atoms with van der Waals surface area (Å²) in [7, 11) is -2.33. The van der Waals surface area contributed by atoms with Crippen LogP contribution in [0.1, 0.15) is 48.9 Å². The summed E-state index contributed by atoms with van der Waals surface area (Å²) in [6.07, 6.45) is 5.49. The summed E-state index contributed by atoms with van der Waals surface area (Å²) in [4.78, 5) is 14.5. The third-order valence-electron chi connectivity index (χ3n) is 5.12. The maximum atomic E-state index is 12.8. The highest BCUT2D eigenvalue weighted by Gasteiger charge is 2.28. The van der Waals surface area contributed by atoms with Crippen molar-refractivity contribution < 1.29 is 17.9 Å². The molecule has 1 unspecified atom stereocenters. The molecule has 1 aromatic carbocycles. The third-order valence-corrected chi connectivity index (χ3v) is 6.66. The Labute approximate surface area is 154 Å². The van der Waals surface area contributed by atoms with E-state index in [9.17, 15) is 13.2 Å². The number of nitrogens with two attached hydrogens (primary N) is 1. The number of carbonyl (C=O) groups excluding carboxylic acids is 1. The van der Waals surface area contributed by atoms with Crippen molar-refractivity contribution in [1.29, 1.82) is 0 Å². The molecule has 1 saturated carbocycles. The second-order valence-corrected chi connectivity index (χ2v) is 8.80. The molecule has 1 saturated heterocycles. The van der Waals surface area contributed by atoms with Gasteiger partial charge in [-0.1, -0.05) is 12.8 Å². The molecule has 1 atom stereocenters. The van der Waals surface area contributed by atoms with E-state index in [0.717, 1.165) is 38.5 Å². The normalized spacial score (nSPS) is 21.8. The van der Waals surface area contributed by atoms with E-state index in [4.69, 9.17) is 10.5 Å². The van der Waals surface area contributed by atoms with E-state index in [2.05, 4.69) is 4.72 Å². The van der Waals surface area contributed by atoms with Crippen LogP contribution in [0.2, 0.25) is 0 Å². The third kappa shape index (κ3) is 4.19. The van der Waals surface area contributed by atoms with Crippen LogP contribution in [0.5, 0.6) is 5.75 Å². The quantitative estimate of drug-likeness (QED) is 0.804. The van der Waals surface area contributed by atoms with Crippen LogP contribution in [-0.2, 0) is 10.0 Å². The molecule has 0 aromatic heterocycles. The Kier molecular flexibility index (Phi) is 5.84. The smallest absolute Gasteiger partial charge is 0.253 e. The highest BCUT2D eigenvalue weighted by atomic mass is 32.2. The Hall–Kier alpha value is -1.64. The van der Waals surface area contributed by atoms with Crippen molar-refractivity contribution in [1.82, 2.24) is 9.62 Å². The first-order valence-electron chi connectivity index (χ1n) is 9.16. The van der Waals surface area contributed by atoms with Crippen LogP contribution in [-0.4, -0.2) is 51.5 Å². The van der Waals surface area contributed by atoms with Crippen LogP contribution in [0.15, 0.2) is 23.1 Å². The van der Waals surface area contributed by atoms with Gasteiger partial charge in [0.15, 0.2) is 0 Å². The lowest BCUT2D eigenvalue weighted by molar-refractivity contribution is 0.0708. The molecule has 0 bridgehead atoms. The minimum atomic E-state index is -3.75. The number of nitrogens with zero attached hydrogens (tertiary/aromatic N) is 1. The summed E-state index contributed by atoms with van der Waals surface area (Å²) < 4.78 is 33.6. The van der Waals surface area contributed by atoms with Gasteiger partial charge < -0.3 is 15.4 Å². The van der Waals surface area contributed by atoms with E-state index in [0.29, 0.717) is 18.7 Å². The van der Waals surface area contributed by atoms with Crippen LogP contribution >= 0.6 is 0 Å². The molecule has 1 aromatic rings. The van der Waals surface area contributed by atoms with Crippen molar-refractivity contribution in [3.05, 3.63) is 23.8 Å². The predicted octanol–water partition coefficient (Wildman–Crippen LogP) is 1.48. The number of likely N-dealkylation sites (tertiary alicyclic amines) is 1.